The molecule has 0 fully saturated rings. The molecule has 0 rings (SSSR count). The van der Waals surface area contributed by atoms with Crippen LogP contribution >= 0.6 is 11.8 Å². The first-order chi connectivity index (χ1) is 7.01. The largest absolute Gasteiger partial charge is 0.370 e. The van der Waals surface area contributed by atoms with Crippen LogP contribution in [0.15, 0.2) is 0 Å². The summed E-state index contributed by atoms with van der Waals surface area (Å²) in [4.78, 5) is 22.0. The van der Waals surface area contributed by atoms with Gasteiger partial charge in [-0.15, -0.1) is 0 Å². The third-order valence-corrected chi connectivity index (χ3v) is 2.70. The lowest BCUT2D eigenvalue weighted by molar-refractivity contribution is -0.126. The molecule has 5 nitrogen and oxygen atoms in total. The lowest BCUT2D eigenvalue weighted by Gasteiger charge is -2.18. The standard InChI is InChI=1S/C9H19N3O2S/c1-3-6(5-15-2)12-9(14)7(10)4-8(11)13/h6-7H,3-5,10H2,1-2H3,(H2,11,13)(H,12,14). The van der Waals surface area contributed by atoms with E-state index in [1.165, 1.54) is 0 Å². The number of rotatable bonds is 7. The summed E-state index contributed by atoms with van der Waals surface area (Å²) in [6.45, 7) is 1.99. The van der Waals surface area contributed by atoms with Crippen LogP contribution in [0.1, 0.15) is 19.8 Å². The van der Waals surface area contributed by atoms with Crippen molar-refractivity contribution in [3.05, 3.63) is 0 Å². The molecule has 0 aliphatic carbocycles. The highest BCUT2D eigenvalue weighted by molar-refractivity contribution is 7.98. The molecule has 6 heteroatoms. The minimum absolute atomic E-state index is 0.103. The maximum Gasteiger partial charge on any atom is 0.237 e. The van der Waals surface area contributed by atoms with Crippen molar-refractivity contribution >= 4 is 23.6 Å². The summed E-state index contributed by atoms with van der Waals surface area (Å²) in [6, 6.07) is -0.732. The first-order valence-corrected chi connectivity index (χ1v) is 6.23. The molecule has 0 spiro atoms. The first-order valence-electron chi connectivity index (χ1n) is 4.84. The van der Waals surface area contributed by atoms with Gasteiger partial charge in [0, 0.05) is 11.8 Å². The minimum atomic E-state index is -0.835. The predicted molar refractivity (Wildman–Crippen MR) is 62.4 cm³/mol. The Balaban J connectivity index is 4.03. The van der Waals surface area contributed by atoms with Crippen molar-refractivity contribution in [2.45, 2.75) is 31.8 Å². The molecule has 15 heavy (non-hydrogen) atoms. The minimum Gasteiger partial charge on any atom is -0.370 e. The highest BCUT2D eigenvalue weighted by atomic mass is 32.2. The Morgan fingerprint density at radius 3 is 2.47 bits per heavy atom. The lowest BCUT2D eigenvalue weighted by Crippen LogP contribution is -2.47. The van der Waals surface area contributed by atoms with Gasteiger partial charge in [-0.25, -0.2) is 0 Å². The van der Waals surface area contributed by atoms with E-state index in [0.29, 0.717) is 0 Å². The van der Waals surface area contributed by atoms with Crippen LogP contribution in [0.25, 0.3) is 0 Å². The Morgan fingerprint density at radius 1 is 1.47 bits per heavy atom. The maximum absolute atomic E-state index is 11.5. The van der Waals surface area contributed by atoms with E-state index in [9.17, 15) is 9.59 Å². The molecule has 0 aliphatic heterocycles. The van der Waals surface area contributed by atoms with Gasteiger partial charge in [0.15, 0.2) is 0 Å². The second kappa shape index (κ2) is 7.53. The van der Waals surface area contributed by atoms with Crippen molar-refractivity contribution in [2.24, 2.45) is 11.5 Å². The highest BCUT2D eigenvalue weighted by Gasteiger charge is 2.18. The molecule has 0 aliphatic rings. The van der Waals surface area contributed by atoms with E-state index in [1.807, 2.05) is 13.2 Å². The van der Waals surface area contributed by atoms with Crippen molar-refractivity contribution in [2.75, 3.05) is 12.0 Å². The Kier molecular flexibility index (Phi) is 7.15. The van der Waals surface area contributed by atoms with E-state index in [1.54, 1.807) is 11.8 Å². The molecule has 0 aromatic heterocycles. The van der Waals surface area contributed by atoms with Gasteiger partial charge in [0.05, 0.1) is 12.5 Å². The molecule has 0 radical (unpaired) electrons. The zero-order valence-corrected chi connectivity index (χ0v) is 9.97. The fourth-order valence-electron chi connectivity index (χ4n) is 1.08. The number of nitrogens with one attached hydrogen (secondary N) is 1. The van der Waals surface area contributed by atoms with Crippen molar-refractivity contribution in [1.82, 2.24) is 5.32 Å². The van der Waals surface area contributed by atoms with Gasteiger partial charge in [-0.1, -0.05) is 6.92 Å². The van der Waals surface area contributed by atoms with Crippen LogP contribution in [0.3, 0.4) is 0 Å². The van der Waals surface area contributed by atoms with E-state index in [4.69, 9.17) is 11.5 Å². The topological polar surface area (TPSA) is 98.2 Å². The number of hydrogen-bond acceptors (Lipinski definition) is 4. The monoisotopic (exact) mass is 233 g/mol. The number of primary amides is 1. The average Bonchev–Trinajstić information content (AvgIpc) is 2.15. The van der Waals surface area contributed by atoms with Crippen LogP contribution in [0.2, 0.25) is 0 Å². The van der Waals surface area contributed by atoms with E-state index in [0.717, 1.165) is 12.2 Å². The second-order valence-electron chi connectivity index (χ2n) is 3.35. The molecule has 0 aromatic rings. The molecule has 2 amide bonds. The summed E-state index contributed by atoms with van der Waals surface area (Å²) < 4.78 is 0. The van der Waals surface area contributed by atoms with Gasteiger partial charge in [0.25, 0.3) is 0 Å². The summed E-state index contributed by atoms with van der Waals surface area (Å²) in [6.07, 6.45) is 2.70. The van der Waals surface area contributed by atoms with Crippen molar-refractivity contribution in [3.63, 3.8) is 0 Å². The summed E-state index contributed by atoms with van der Waals surface area (Å²) in [7, 11) is 0. The number of carbonyl (C=O) groups excluding carboxylic acids is 2. The molecule has 0 heterocycles. The van der Waals surface area contributed by atoms with Crippen molar-refractivity contribution in [3.8, 4) is 0 Å². The molecule has 88 valence electrons. The normalized spacial score (nSPS) is 14.3. The van der Waals surface area contributed by atoms with Gasteiger partial charge < -0.3 is 16.8 Å². The highest BCUT2D eigenvalue weighted by Crippen LogP contribution is 2.01. The molecule has 0 bridgehead atoms. The van der Waals surface area contributed by atoms with Gasteiger partial charge in [-0.2, -0.15) is 11.8 Å². The lowest BCUT2D eigenvalue weighted by atomic mass is 10.1. The van der Waals surface area contributed by atoms with Crippen LogP contribution < -0.4 is 16.8 Å². The summed E-state index contributed by atoms with van der Waals surface area (Å²) in [5.41, 5.74) is 10.4. The zero-order valence-electron chi connectivity index (χ0n) is 9.16. The summed E-state index contributed by atoms with van der Waals surface area (Å²) in [5, 5.41) is 2.78. The van der Waals surface area contributed by atoms with Gasteiger partial charge in [-0.05, 0) is 12.7 Å². The Bertz CT molecular complexity index is 223. The van der Waals surface area contributed by atoms with Gasteiger partial charge >= 0.3 is 0 Å². The summed E-state index contributed by atoms with van der Waals surface area (Å²) in [5.74, 6) is -0.0313. The molecule has 5 N–H and O–H groups in total. The quantitative estimate of drug-likeness (QED) is 0.549. The van der Waals surface area contributed by atoms with Crippen molar-refractivity contribution < 1.29 is 9.59 Å². The average molecular weight is 233 g/mol. The number of carbonyl (C=O) groups is 2. The van der Waals surface area contributed by atoms with Crippen LogP contribution in [-0.2, 0) is 9.59 Å². The fraction of sp³-hybridized carbons (Fsp3) is 0.778. The van der Waals surface area contributed by atoms with Gasteiger partial charge in [0.1, 0.15) is 0 Å². The third-order valence-electron chi connectivity index (χ3n) is 1.96. The fourth-order valence-corrected chi connectivity index (χ4v) is 1.80. The van der Waals surface area contributed by atoms with Crippen molar-refractivity contribution in [1.29, 1.82) is 0 Å². The first kappa shape index (κ1) is 14.2. The predicted octanol–water partition coefficient (Wildman–Crippen LogP) is -0.553. The van der Waals surface area contributed by atoms with Crippen LogP contribution in [-0.4, -0.2) is 35.9 Å². The molecule has 0 saturated heterocycles. The third kappa shape index (κ3) is 6.35. The van der Waals surface area contributed by atoms with E-state index >= 15 is 0 Å². The molecule has 2 unspecified atom stereocenters. The SMILES string of the molecule is CCC(CSC)NC(=O)C(N)CC(N)=O. The van der Waals surface area contributed by atoms with Gasteiger partial charge in [-0.3, -0.25) is 9.59 Å². The Labute approximate surface area is 94.3 Å². The van der Waals surface area contributed by atoms with Crippen LogP contribution in [0.4, 0.5) is 0 Å². The van der Waals surface area contributed by atoms with E-state index < -0.39 is 11.9 Å². The molecule has 0 saturated carbocycles. The number of amides is 2. The molecule has 0 aromatic carbocycles. The maximum atomic E-state index is 11.5. The number of hydrogen-bond donors (Lipinski definition) is 3. The van der Waals surface area contributed by atoms with Crippen LogP contribution in [0, 0.1) is 0 Å². The Hall–Kier alpha value is -0.750. The van der Waals surface area contributed by atoms with E-state index in [2.05, 4.69) is 5.32 Å². The number of thioether (sulfide) groups is 1. The molecule has 2 atom stereocenters. The smallest absolute Gasteiger partial charge is 0.237 e. The molecular weight excluding hydrogens is 214 g/mol. The van der Waals surface area contributed by atoms with Gasteiger partial charge in [0.2, 0.25) is 11.8 Å². The Morgan fingerprint density at radius 2 is 2.07 bits per heavy atom. The zero-order chi connectivity index (χ0) is 11.8. The summed E-state index contributed by atoms with van der Waals surface area (Å²) >= 11 is 1.65. The van der Waals surface area contributed by atoms with E-state index in [-0.39, 0.29) is 18.4 Å². The molecular formula is C9H19N3O2S. The van der Waals surface area contributed by atoms with Crippen LogP contribution in [0.5, 0.6) is 0 Å². The second-order valence-corrected chi connectivity index (χ2v) is 4.26. The number of nitrogens with two attached hydrogens (primary N) is 2.